The van der Waals surface area contributed by atoms with Gasteiger partial charge in [0.15, 0.2) is 5.82 Å². The van der Waals surface area contributed by atoms with E-state index in [1.165, 1.54) is 0 Å². The minimum atomic E-state index is 0.688. The van der Waals surface area contributed by atoms with E-state index in [-0.39, 0.29) is 0 Å². The molecule has 0 spiro atoms. The van der Waals surface area contributed by atoms with Crippen molar-refractivity contribution in [2.75, 3.05) is 12.4 Å². The summed E-state index contributed by atoms with van der Waals surface area (Å²) in [4.78, 5) is 13.4. The summed E-state index contributed by atoms with van der Waals surface area (Å²) in [5, 5.41) is 5.10. The maximum absolute atomic E-state index is 4.51. The number of pyridine rings is 1. The molecule has 1 N–H and O–H groups in total. The number of anilines is 1. The first-order valence-electron chi connectivity index (χ1n) is 5.74. The zero-order valence-corrected chi connectivity index (χ0v) is 12.8. The number of nitrogens with one attached hydrogen (secondary N) is 1. The molecule has 3 aromatic heterocycles. The first kappa shape index (κ1) is 12.5. The lowest BCUT2D eigenvalue weighted by Gasteiger charge is -2.08. The van der Waals surface area contributed by atoms with E-state index in [2.05, 4.69) is 42.3 Å². The molecule has 0 bridgehead atoms. The Kier molecular flexibility index (Phi) is 3.20. The maximum Gasteiger partial charge on any atom is 0.163 e. The van der Waals surface area contributed by atoms with Crippen molar-refractivity contribution in [2.24, 2.45) is 0 Å². The van der Waals surface area contributed by atoms with Crippen molar-refractivity contribution in [3.05, 3.63) is 33.9 Å². The second-order valence-corrected chi connectivity index (χ2v) is 5.81. The average molecular weight is 335 g/mol. The fourth-order valence-corrected chi connectivity index (χ4v) is 2.98. The molecule has 0 atom stereocenters. The number of hydrogen-bond donors (Lipinski definition) is 1. The lowest BCUT2D eigenvalue weighted by Crippen LogP contribution is -2.00. The van der Waals surface area contributed by atoms with Gasteiger partial charge in [-0.25, -0.2) is 9.97 Å². The zero-order valence-electron chi connectivity index (χ0n) is 10.4. The monoisotopic (exact) mass is 334 g/mol. The molecular formula is C13H11BrN4S. The second-order valence-electron chi connectivity index (χ2n) is 4.07. The molecule has 0 fully saturated rings. The number of hydrogen-bond acceptors (Lipinski definition) is 5. The molecule has 3 heterocycles. The van der Waals surface area contributed by atoms with E-state index in [1.54, 1.807) is 11.3 Å². The highest BCUT2D eigenvalue weighted by Gasteiger charge is 2.10. The first-order valence-corrected chi connectivity index (χ1v) is 7.42. The van der Waals surface area contributed by atoms with Crippen LogP contribution in [-0.4, -0.2) is 22.0 Å². The molecule has 19 heavy (non-hydrogen) atoms. The van der Waals surface area contributed by atoms with Crippen LogP contribution in [0.15, 0.2) is 28.2 Å². The summed E-state index contributed by atoms with van der Waals surface area (Å²) in [6.45, 7) is 1.95. The van der Waals surface area contributed by atoms with Gasteiger partial charge in [0.05, 0.1) is 20.4 Å². The maximum atomic E-state index is 4.51. The van der Waals surface area contributed by atoms with Gasteiger partial charge in [0.2, 0.25) is 0 Å². The summed E-state index contributed by atoms with van der Waals surface area (Å²) < 4.78 is 2.04. The fourth-order valence-electron chi connectivity index (χ4n) is 1.82. The quantitative estimate of drug-likeness (QED) is 0.772. The van der Waals surface area contributed by atoms with E-state index in [9.17, 15) is 0 Å². The molecule has 6 heteroatoms. The van der Waals surface area contributed by atoms with Gasteiger partial charge in [-0.05, 0) is 40.4 Å². The van der Waals surface area contributed by atoms with E-state index in [1.807, 2.05) is 31.6 Å². The number of halogens is 1. The Hall–Kier alpha value is -1.53. The Morgan fingerprint density at radius 3 is 2.95 bits per heavy atom. The number of fused-ring (bicyclic) bond motifs is 1. The highest BCUT2D eigenvalue weighted by Crippen LogP contribution is 2.28. The van der Waals surface area contributed by atoms with Crippen LogP contribution in [0.25, 0.3) is 21.6 Å². The molecule has 0 saturated heterocycles. The Morgan fingerprint density at radius 2 is 2.16 bits per heavy atom. The van der Waals surface area contributed by atoms with Gasteiger partial charge in [0.1, 0.15) is 5.82 Å². The van der Waals surface area contributed by atoms with Gasteiger partial charge in [0.25, 0.3) is 0 Å². The minimum Gasteiger partial charge on any atom is -0.372 e. The molecule has 3 rings (SSSR count). The second kappa shape index (κ2) is 4.86. The molecule has 0 aromatic carbocycles. The van der Waals surface area contributed by atoms with Crippen LogP contribution in [-0.2, 0) is 0 Å². The van der Waals surface area contributed by atoms with Crippen molar-refractivity contribution in [3.63, 3.8) is 0 Å². The van der Waals surface area contributed by atoms with Gasteiger partial charge in [0, 0.05) is 18.8 Å². The number of aryl methyl sites for hydroxylation is 1. The van der Waals surface area contributed by atoms with Crippen LogP contribution in [0.4, 0.5) is 5.82 Å². The van der Waals surface area contributed by atoms with Gasteiger partial charge in [-0.1, -0.05) is 0 Å². The van der Waals surface area contributed by atoms with Gasteiger partial charge in [-0.2, -0.15) is 0 Å². The van der Waals surface area contributed by atoms with Crippen LogP contribution in [0.5, 0.6) is 0 Å². The van der Waals surface area contributed by atoms with Crippen LogP contribution in [0.2, 0.25) is 0 Å². The van der Waals surface area contributed by atoms with E-state index in [0.29, 0.717) is 5.82 Å². The van der Waals surface area contributed by atoms with Gasteiger partial charge in [-0.3, -0.25) is 4.98 Å². The molecule has 0 amide bonds. The Morgan fingerprint density at radius 1 is 1.32 bits per heavy atom. The summed E-state index contributed by atoms with van der Waals surface area (Å²) in [7, 11) is 1.84. The van der Waals surface area contributed by atoms with Gasteiger partial charge in [-0.15, -0.1) is 11.3 Å². The number of aromatic nitrogens is 3. The SMILES string of the molecule is CNc1nc(-c2cnc3ccsc3c2)nc(C)c1Br. The highest BCUT2D eigenvalue weighted by atomic mass is 79.9. The van der Waals surface area contributed by atoms with Crippen molar-refractivity contribution in [1.29, 1.82) is 0 Å². The summed E-state index contributed by atoms with van der Waals surface area (Å²) >= 11 is 5.15. The molecule has 0 radical (unpaired) electrons. The van der Waals surface area contributed by atoms with Crippen LogP contribution >= 0.6 is 27.3 Å². The first-order chi connectivity index (χ1) is 9.19. The number of thiophene rings is 1. The minimum absolute atomic E-state index is 0.688. The molecule has 0 aliphatic heterocycles. The van der Waals surface area contributed by atoms with E-state index < -0.39 is 0 Å². The number of rotatable bonds is 2. The molecular weight excluding hydrogens is 324 g/mol. The van der Waals surface area contributed by atoms with E-state index >= 15 is 0 Å². The van der Waals surface area contributed by atoms with Crippen LogP contribution in [0.1, 0.15) is 5.69 Å². The van der Waals surface area contributed by atoms with Gasteiger partial charge >= 0.3 is 0 Å². The Balaban J connectivity index is 2.17. The fraction of sp³-hybridized carbons (Fsp3) is 0.154. The summed E-state index contributed by atoms with van der Waals surface area (Å²) in [5.41, 5.74) is 2.85. The predicted octanol–water partition coefficient (Wildman–Crippen LogP) is 3.87. The highest BCUT2D eigenvalue weighted by molar-refractivity contribution is 9.10. The standard InChI is InChI=1S/C13H11BrN4S/c1-7-11(14)13(15-2)18-12(17-7)8-5-10-9(16-6-8)3-4-19-10/h3-6H,1-2H3,(H,15,17,18). The molecule has 0 aliphatic rings. The molecule has 0 saturated carbocycles. The zero-order chi connectivity index (χ0) is 13.4. The lowest BCUT2D eigenvalue weighted by molar-refractivity contribution is 1.09. The molecule has 0 unspecified atom stereocenters. The average Bonchev–Trinajstić information content (AvgIpc) is 2.89. The Labute approximate surface area is 123 Å². The van der Waals surface area contributed by atoms with Crippen molar-refractivity contribution < 1.29 is 0 Å². The van der Waals surface area contributed by atoms with Crippen LogP contribution < -0.4 is 5.32 Å². The molecule has 3 aromatic rings. The van der Waals surface area contributed by atoms with Crippen LogP contribution in [0, 0.1) is 6.92 Å². The molecule has 4 nitrogen and oxygen atoms in total. The topological polar surface area (TPSA) is 50.7 Å². The summed E-state index contributed by atoms with van der Waals surface area (Å²) in [5.74, 6) is 1.47. The van der Waals surface area contributed by atoms with Crippen molar-refractivity contribution in [1.82, 2.24) is 15.0 Å². The van der Waals surface area contributed by atoms with Gasteiger partial charge < -0.3 is 5.32 Å². The largest absolute Gasteiger partial charge is 0.372 e. The van der Waals surface area contributed by atoms with Crippen molar-refractivity contribution >= 4 is 43.3 Å². The normalized spacial score (nSPS) is 10.9. The summed E-state index contributed by atoms with van der Waals surface area (Å²) in [6.07, 6.45) is 1.82. The lowest BCUT2D eigenvalue weighted by atomic mass is 10.2. The van der Waals surface area contributed by atoms with Crippen LogP contribution in [0.3, 0.4) is 0 Å². The summed E-state index contributed by atoms with van der Waals surface area (Å²) in [6, 6.07) is 4.09. The third-order valence-electron chi connectivity index (χ3n) is 2.81. The smallest absolute Gasteiger partial charge is 0.163 e. The third-order valence-corrected chi connectivity index (χ3v) is 4.62. The number of nitrogens with zero attached hydrogens (tertiary/aromatic N) is 3. The predicted molar refractivity (Wildman–Crippen MR) is 82.6 cm³/mol. The van der Waals surface area contributed by atoms with E-state index in [4.69, 9.17) is 0 Å². The van der Waals surface area contributed by atoms with Crippen molar-refractivity contribution in [3.8, 4) is 11.4 Å². The van der Waals surface area contributed by atoms with Crippen molar-refractivity contribution in [2.45, 2.75) is 6.92 Å². The third kappa shape index (κ3) is 2.21. The molecule has 96 valence electrons. The van der Waals surface area contributed by atoms with E-state index in [0.717, 1.165) is 31.8 Å². The molecule has 0 aliphatic carbocycles. The Bertz CT molecular complexity index is 753.